The normalized spacial score (nSPS) is 10.8. The van der Waals surface area contributed by atoms with Crippen molar-refractivity contribution in [3.05, 3.63) is 97.5 Å². The molecule has 6 nitrogen and oxygen atoms in total. The van der Waals surface area contributed by atoms with Gasteiger partial charge >= 0.3 is 0 Å². The van der Waals surface area contributed by atoms with E-state index in [4.69, 9.17) is 5.73 Å². The van der Waals surface area contributed by atoms with Gasteiger partial charge in [0.05, 0.1) is 28.1 Å². The molecule has 5 rings (SSSR count). The van der Waals surface area contributed by atoms with E-state index in [2.05, 4.69) is 31.6 Å². The molecule has 3 heterocycles. The first kappa shape index (κ1) is 18.9. The predicted octanol–water partition coefficient (Wildman–Crippen LogP) is 5.87. The number of nitrogens with one attached hydrogen (secondary N) is 2. The van der Waals surface area contributed by atoms with Crippen LogP contribution >= 0.6 is 11.3 Å². The highest BCUT2D eigenvalue weighted by atomic mass is 32.1. The summed E-state index contributed by atoms with van der Waals surface area (Å²) in [6.07, 6.45) is 5.75. The van der Waals surface area contributed by atoms with Crippen molar-refractivity contribution in [3.63, 3.8) is 0 Å². The topological polar surface area (TPSA) is 80.3 Å². The molecule has 0 fully saturated rings. The summed E-state index contributed by atoms with van der Waals surface area (Å²) >= 11 is 1.59. The molecule has 0 spiro atoms. The smallest absolute Gasteiger partial charge is 0.187 e. The summed E-state index contributed by atoms with van der Waals surface area (Å²) in [6, 6.07) is 21.6. The van der Waals surface area contributed by atoms with Crippen molar-refractivity contribution in [1.82, 2.24) is 14.4 Å². The molecule has 0 radical (unpaired) electrons. The van der Waals surface area contributed by atoms with Gasteiger partial charge in [-0.1, -0.05) is 48.2 Å². The van der Waals surface area contributed by atoms with E-state index in [9.17, 15) is 0 Å². The summed E-state index contributed by atoms with van der Waals surface area (Å²) in [5, 5.41) is 7.46. The molecule has 5 aromatic rings. The van der Waals surface area contributed by atoms with Crippen LogP contribution in [0.1, 0.15) is 5.56 Å². The predicted molar refractivity (Wildman–Crippen MR) is 130 cm³/mol. The number of thiazole rings is 1. The third kappa shape index (κ3) is 3.86. The Labute approximate surface area is 183 Å². The number of fused-ring (bicyclic) bond motifs is 1. The molecule has 0 aliphatic carbocycles. The van der Waals surface area contributed by atoms with E-state index in [1.807, 2.05) is 85.3 Å². The molecule has 0 unspecified atom stereocenters. The van der Waals surface area contributed by atoms with Crippen LogP contribution < -0.4 is 16.4 Å². The number of nitrogens with two attached hydrogens (primary N) is 1. The van der Waals surface area contributed by atoms with E-state index < -0.39 is 0 Å². The van der Waals surface area contributed by atoms with Crippen molar-refractivity contribution in [2.45, 2.75) is 0 Å². The summed E-state index contributed by atoms with van der Waals surface area (Å²) in [4.78, 5) is 10.0. The Balaban J connectivity index is 1.29. The maximum Gasteiger partial charge on any atom is 0.187 e. The minimum atomic E-state index is 0.687. The molecule has 0 amide bonds. The lowest BCUT2D eigenvalue weighted by Gasteiger charge is -2.12. The summed E-state index contributed by atoms with van der Waals surface area (Å²) in [5.41, 5.74) is 12.2. The maximum absolute atomic E-state index is 6.00. The van der Waals surface area contributed by atoms with Crippen molar-refractivity contribution in [2.24, 2.45) is 0 Å². The Morgan fingerprint density at radius 2 is 1.74 bits per heavy atom. The van der Waals surface area contributed by atoms with Crippen molar-refractivity contribution in [3.8, 4) is 10.6 Å². The quantitative estimate of drug-likeness (QED) is 0.297. The Morgan fingerprint density at radius 3 is 2.58 bits per heavy atom. The maximum atomic E-state index is 6.00. The summed E-state index contributed by atoms with van der Waals surface area (Å²) in [7, 11) is 0. The van der Waals surface area contributed by atoms with Crippen molar-refractivity contribution >= 4 is 44.9 Å². The molecule has 31 heavy (non-hydrogen) atoms. The van der Waals surface area contributed by atoms with Crippen LogP contribution in [-0.2, 0) is 0 Å². The lowest BCUT2D eigenvalue weighted by atomic mass is 10.1. The molecule has 2 aromatic carbocycles. The molecule has 0 atom stereocenters. The van der Waals surface area contributed by atoms with Crippen molar-refractivity contribution in [2.75, 3.05) is 16.4 Å². The number of nitrogen functional groups attached to an aromatic ring is 1. The zero-order valence-electron chi connectivity index (χ0n) is 16.6. The van der Waals surface area contributed by atoms with Gasteiger partial charge in [0, 0.05) is 23.8 Å². The summed E-state index contributed by atoms with van der Waals surface area (Å²) in [5.74, 6) is 0. The van der Waals surface area contributed by atoms with Gasteiger partial charge in [-0.3, -0.25) is 4.40 Å². The fourth-order valence-corrected chi connectivity index (χ4v) is 4.13. The molecule has 0 bridgehead atoms. The average Bonchev–Trinajstić information content (AvgIpc) is 3.42. The third-order valence-electron chi connectivity index (χ3n) is 4.91. The minimum Gasteiger partial charge on any atom is -0.397 e. The number of para-hydroxylation sites is 2. The van der Waals surface area contributed by atoms with Crippen LogP contribution in [0.5, 0.6) is 0 Å². The first-order valence-electron chi connectivity index (χ1n) is 9.73. The van der Waals surface area contributed by atoms with Crippen LogP contribution in [0, 0.1) is 0 Å². The average molecular weight is 425 g/mol. The fourth-order valence-electron chi connectivity index (χ4n) is 3.29. The first-order chi connectivity index (χ1) is 15.2. The lowest BCUT2D eigenvalue weighted by molar-refractivity contribution is 1.19. The lowest BCUT2D eigenvalue weighted by Crippen LogP contribution is -2.00. The largest absolute Gasteiger partial charge is 0.397 e. The van der Waals surface area contributed by atoms with Crippen molar-refractivity contribution in [1.29, 1.82) is 0 Å². The van der Waals surface area contributed by atoms with Gasteiger partial charge in [-0.15, -0.1) is 0 Å². The number of hydrogen-bond acceptors (Lipinski definition) is 6. The molecule has 0 saturated heterocycles. The van der Waals surface area contributed by atoms with Crippen molar-refractivity contribution < 1.29 is 0 Å². The van der Waals surface area contributed by atoms with Crippen LogP contribution in [0.4, 0.5) is 22.2 Å². The van der Waals surface area contributed by atoms with Gasteiger partial charge in [-0.25, -0.2) is 9.97 Å². The van der Waals surface area contributed by atoms with E-state index in [1.54, 1.807) is 11.3 Å². The highest BCUT2D eigenvalue weighted by molar-refractivity contribution is 7.18. The second kappa shape index (κ2) is 7.97. The van der Waals surface area contributed by atoms with Gasteiger partial charge < -0.3 is 16.4 Å². The number of benzene rings is 2. The zero-order valence-corrected chi connectivity index (χ0v) is 17.4. The van der Waals surface area contributed by atoms with Crippen LogP contribution in [0.3, 0.4) is 0 Å². The molecular formula is C24H20N6S. The monoisotopic (exact) mass is 424 g/mol. The number of nitrogens with zero attached hydrogens (tertiary/aromatic N) is 3. The fraction of sp³-hybridized carbons (Fsp3) is 0. The Morgan fingerprint density at radius 1 is 0.935 bits per heavy atom. The summed E-state index contributed by atoms with van der Waals surface area (Å²) < 4.78 is 2.06. The highest BCUT2D eigenvalue weighted by Crippen LogP contribution is 2.31. The van der Waals surface area contributed by atoms with Crippen LogP contribution in [0.2, 0.25) is 0 Å². The van der Waals surface area contributed by atoms with Gasteiger partial charge in [-0.2, -0.15) is 0 Å². The zero-order chi connectivity index (χ0) is 21.2. The summed E-state index contributed by atoms with van der Waals surface area (Å²) in [6.45, 7) is 4.13. The van der Waals surface area contributed by atoms with E-state index in [0.717, 1.165) is 44.0 Å². The van der Waals surface area contributed by atoms with Crippen LogP contribution in [0.15, 0.2) is 91.9 Å². The Kier molecular flexibility index (Phi) is 4.86. The number of pyridine rings is 1. The number of imidazole rings is 1. The minimum absolute atomic E-state index is 0.687. The second-order valence-corrected chi connectivity index (χ2v) is 8.03. The second-order valence-electron chi connectivity index (χ2n) is 7.00. The number of anilines is 4. The SMILES string of the molecule is C=C(Nc1ccccc1N)c1ccc(Nc2ncc(-c3cnc4ccccn34)s2)cc1. The molecule has 0 aliphatic rings. The first-order valence-corrected chi connectivity index (χ1v) is 10.6. The van der Waals surface area contributed by atoms with Gasteiger partial charge in [0.2, 0.25) is 0 Å². The van der Waals surface area contributed by atoms with E-state index in [-0.39, 0.29) is 0 Å². The number of hydrogen-bond donors (Lipinski definition) is 3. The molecule has 3 aromatic heterocycles. The molecule has 0 aliphatic heterocycles. The van der Waals surface area contributed by atoms with E-state index >= 15 is 0 Å². The standard InChI is InChI=1S/C24H20N6S/c1-16(28-20-7-3-2-6-19(20)25)17-9-11-18(12-10-17)29-24-27-15-22(31-24)21-14-26-23-8-4-5-13-30(21)23/h2-15,28H,1,25H2,(H,27,29). The molecule has 7 heteroatoms. The van der Waals surface area contributed by atoms with Crippen LogP contribution in [-0.4, -0.2) is 14.4 Å². The van der Waals surface area contributed by atoms with E-state index in [1.165, 1.54) is 0 Å². The molecule has 0 saturated carbocycles. The highest BCUT2D eigenvalue weighted by Gasteiger charge is 2.10. The molecule has 4 N–H and O–H groups in total. The molecular weight excluding hydrogens is 404 g/mol. The Bertz CT molecular complexity index is 1370. The van der Waals surface area contributed by atoms with Gasteiger partial charge in [0.25, 0.3) is 0 Å². The van der Waals surface area contributed by atoms with Gasteiger partial charge in [0.15, 0.2) is 5.13 Å². The third-order valence-corrected chi connectivity index (χ3v) is 5.84. The van der Waals surface area contributed by atoms with Gasteiger partial charge in [-0.05, 0) is 42.0 Å². The van der Waals surface area contributed by atoms with E-state index in [0.29, 0.717) is 5.69 Å². The van der Waals surface area contributed by atoms with Crippen LogP contribution in [0.25, 0.3) is 21.9 Å². The molecule has 152 valence electrons. The van der Waals surface area contributed by atoms with Gasteiger partial charge in [0.1, 0.15) is 5.65 Å². The number of rotatable bonds is 6. The number of aromatic nitrogens is 3. The Hall–Kier alpha value is -4.10.